The van der Waals surface area contributed by atoms with E-state index in [1.165, 1.54) is 12.1 Å². The number of rotatable bonds is 4. The topological polar surface area (TPSA) is 29.9 Å². The van der Waals surface area contributed by atoms with Gasteiger partial charge < -0.3 is 5.32 Å². The lowest BCUT2D eigenvalue weighted by molar-refractivity contribution is 0.252. The van der Waals surface area contributed by atoms with E-state index in [2.05, 4.69) is 31.2 Å². The summed E-state index contributed by atoms with van der Waals surface area (Å²) in [5.74, 6) is -1.09. The highest BCUT2D eigenvalue weighted by Crippen LogP contribution is 2.35. The molecule has 1 N–H and O–H groups in total. The molecule has 0 aliphatic rings. The number of hydrogen-bond acceptors (Lipinski definition) is 2. The zero-order valence-electron chi connectivity index (χ0n) is 13.7. The molecular formula is C17H23F2N3. The second-order valence-corrected chi connectivity index (χ2v) is 6.80. The first-order valence-corrected chi connectivity index (χ1v) is 7.38. The lowest BCUT2D eigenvalue weighted by Gasteiger charge is -2.33. The van der Waals surface area contributed by atoms with Crippen LogP contribution in [0.1, 0.15) is 50.9 Å². The number of aryl methyl sites for hydroxylation is 1. The summed E-state index contributed by atoms with van der Waals surface area (Å²) in [7, 11) is 1.87. The van der Waals surface area contributed by atoms with Gasteiger partial charge in [0, 0.05) is 42.5 Å². The van der Waals surface area contributed by atoms with Crippen LogP contribution in [0.5, 0.6) is 0 Å². The van der Waals surface area contributed by atoms with Crippen molar-refractivity contribution in [1.29, 1.82) is 0 Å². The van der Waals surface area contributed by atoms with Crippen molar-refractivity contribution in [2.45, 2.75) is 39.8 Å². The summed E-state index contributed by atoms with van der Waals surface area (Å²) in [6.45, 7) is 8.23. The van der Waals surface area contributed by atoms with Gasteiger partial charge in [0.25, 0.3) is 0 Å². The van der Waals surface area contributed by atoms with Crippen molar-refractivity contribution in [3.63, 3.8) is 0 Å². The molecule has 3 nitrogen and oxygen atoms in total. The molecule has 1 heterocycles. The van der Waals surface area contributed by atoms with Gasteiger partial charge in [0.15, 0.2) is 0 Å². The number of hydrogen-bond donors (Lipinski definition) is 1. The maximum absolute atomic E-state index is 14.0. The fourth-order valence-corrected chi connectivity index (χ4v) is 2.63. The Morgan fingerprint density at radius 2 is 1.91 bits per heavy atom. The van der Waals surface area contributed by atoms with Crippen molar-refractivity contribution in [3.05, 3.63) is 53.4 Å². The molecule has 0 spiro atoms. The number of nitrogens with one attached hydrogen (secondary N) is 1. The first-order chi connectivity index (χ1) is 10.2. The van der Waals surface area contributed by atoms with E-state index < -0.39 is 11.6 Å². The van der Waals surface area contributed by atoms with E-state index in [0.29, 0.717) is 5.56 Å². The average molecular weight is 307 g/mol. The number of halogens is 2. The standard InChI is InChI=1S/C17H23F2N3/c1-11(14-7-6-13(18)8-15(14)19)21-16(17(2,3)4)12-9-20-22(5)10-12/h6-11,16,21H,1-5H3/t11-,16-/m1/s1. The van der Waals surface area contributed by atoms with Crippen molar-refractivity contribution >= 4 is 0 Å². The summed E-state index contributed by atoms with van der Waals surface area (Å²) in [5, 5.41) is 7.66. The summed E-state index contributed by atoms with van der Waals surface area (Å²) in [4.78, 5) is 0. The van der Waals surface area contributed by atoms with E-state index in [1.807, 2.05) is 26.4 Å². The Bertz CT molecular complexity index is 644. The van der Waals surface area contributed by atoms with Crippen LogP contribution in [0.4, 0.5) is 8.78 Å². The third kappa shape index (κ3) is 3.71. The highest BCUT2D eigenvalue weighted by molar-refractivity contribution is 5.23. The van der Waals surface area contributed by atoms with Crippen molar-refractivity contribution in [2.75, 3.05) is 0 Å². The van der Waals surface area contributed by atoms with Crippen LogP contribution in [-0.2, 0) is 7.05 Å². The van der Waals surface area contributed by atoms with E-state index in [0.717, 1.165) is 11.6 Å². The quantitative estimate of drug-likeness (QED) is 0.920. The minimum absolute atomic E-state index is 0.000605. The molecule has 0 aliphatic heterocycles. The predicted molar refractivity (Wildman–Crippen MR) is 83.3 cm³/mol. The molecule has 120 valence electrons. The molecule has 0 amide bonds. The van der Waals surface area contributed by atoms with E-state index in [-0.39, 0.29) is 17.5 Å². The maximum Gasteiger partial charge on any atom is 0.130 e. The van der Waals surface area contributed by atoms with Gasteiger partial charge in [0.1, 0.15) is 11.6 Å². The van der Waals surface area contributed by atoms with Gasteiger partial charge in [-0.2, -0.15) is 5.10 Å². The fraction of sp³-hybridized carbons (Fsp3) is 0.471. The predicted octanol–water partition coefficient (Wildman–Crippen LogP) is 4.14. The van der Waals surface area contributed by atoms with Gasteiger partial charge in [-0.25, -0.2) is 8.78 Å². The molecule has 0 radical (unpaired) electrons. The number of benzene rings is 1. The number of aromatic nitrogens is 2. The molecule has 5 heteroatoms. The zero-order valence-corrected chi connectivity index (χ0v) is 13.7. The van der Waals surface area contributed by atoms with Gasteiger partial charge in [0.2, 0.25) is 0 Å². The average Bonchev–Trinajstić information content (AvgIpc) is 2.80. The largest absolute Gasteiger partial charge is 0.303 e. The van der Waals surface area contributed by atoms with Crippen LogP contribution in [0, 0.1) is 17.0 Å². The third-order valence-corrected chi connectivity index (χ3v) is 3.77. The van der Waals surface area contributed by atoms with Gasteiger partial charge in [0.05, 0.1) is 6.20 Å². The van der Waals surface area contributed by atoms with E-state index in [9.17, 15) is 8.78 Å². The van der Waals surface area contributed by atoms with Crippen molar-refractivity contribution in [2.24, 2.45) is 12.5 Å². The minimum atomic E-state index is -0.562. The molecule has 2 aromatic rings. The summed E-state index contributed by atoms with van der Waals surface area (Å²) >= 11 is 0. The van der Waals surface area contributed by atoms with Gasteiger partial charge in [-0.3, -0.25) is 4.68 Å². The van der Waals surface area contributed by atoms with Crippen LogP contribution in [-0.4, -0.2) is 9.78 Å². The highest BCUT2D eigenvalue weighted by atomic mass is 19.1. The molecule has 0 unspecified atom stereocenters. The van der Waals surface area contributed by atoms with Gasteiger partial charge in [-0.15, -0.1) is 0 Å². The lowest BCUT2D eigenvalue weighted by Crippen LogP contribution is -2.34. The summed E-state index contributed by atoms with van der Waals surface area (Å²) < 4.78 is 28.8. The van der Waals surface area contributed by atoms with Crippen molar-refractivity contribution in [1.82, 2.24) is 15.1 Å². The molecule has 2 rings (SSSR count). The van der Waals surface area contributed by atoms with Gasteiger partial charge >= 0.3 is 0 Å². The molecule has 1 aromatic carbocycles. The molecule has 0 saturated heterocycles. The minimum Gasteiger partial charge on any atom is -0.303 e. The molecule has 1 aromatic heterocycles. The Hall–Kier alpha value is -1.75. The molecular weight excluding hydrogens is 284 g/mol. The summed E-state index contributed by atoms with van der Waals surface area (Å²) in [6, 6.07) is 3.45. The monoisotopic (exact) mass is 307 g/mol. The molecule has 0 bridgehead atoms. The van der Waals surface area contributed by atoms with Gasteiger partial charge in [-0.05, 0) is 18.4 Å². The maximum atomic E-state index is 14.0. The van der Waals surface area contributed by atoms with E-state index in [1.54, 1.807) is 4.68 Å². The Morgan fingerprint density at radius 1 is 1.23 bits per heavy atom. The van der Waals surface area contributed by atoms with Crippen molar-refractivity contribution < 1.29 is 8.78 Å². The fourth-order valence-electron chi connectivity index (χ4n) is 2.63. The third-order valence-electron chi connectivity index (χ3n) is 3.77. The van der Waals surface area contributed by atoms with Crippen LogP contribution < -0.4 is 5.32 Å². The SMILES string of the molecule is C[C@@H](N[C@H](c1cnn(C)c1)C(C)(C)C)c1ccc(F)cc1F. The van der Waals surface area contributed by atoms with Crippen LogP contribution >= 0.6 is 0 Å². The Kier molecular flexibility index (Phi) is 4.66. The Labute approximate surface area is 130 Å². The highest BCUT2D eigenvalue weighted by Gasteiger charge is 2.29. The molecule has 0 saturated carbocycles. The summed E-state index contributed by atoms with van der Waals surface area (Å²) in [6.07, 6.45) is 3.77. The zero-order chi connectivity index (χ0) is 16.5. The molecule has 0 fully saturated rings. The normalized spacial score (nSPS) is 14.9. The first-order valence-electron chi connectivity index (χ1n) is 7.38. The van der Waals surface area contributed by atoms with E-state index in [4.69, 9.17) is 0 Å². The smallest absolute Gasteiger partial charge is 0.130 e. The molecule has 0 aliphatic carbocycles. The first kappa shape index (κ1) is 16.6. The van der Waals surface area contributed by atoms with Crippen molar-refractivity contribution in [3.8, 4) is 0 Å². The molecule has 22 heavy (non-hydrogen) atoms. The Morgan fingerprint density at radius 3 is 2.41 bits per heavy atom. The number of nitrogens with zero attached hydrogens (tertiary/aromatic N) is 2. The van der Waals surface area contributed by atoms with Crippen LogP contribution in [0.15, 0.2) is 30.6 Å². The molecule has 2 atom stereocenters. The van der Waals surface area contributed by atoms with Crippen LogP contribution in [0.25, 0.3) is 0 Å². The van der Waals surface area contributed by atoms with Crippen LogP contribution in [0.3, 0.4) is 0 Å². The lowest BCUT2D eigenvalue weighted by atomic mass is 9.82. The van der Waals surface area contributed by atoms with Crippen LogP contribution in [0.2, 0.25) is 0 Å². The summed E-state index contributed by atoms with van der Waals surface area (Å²) in [5.41, 5.74) is 1.43. The second kappa shape index (κ2) is 6.16. The van der Waals surface area contributed by atoms with Gasteiger partial charge in [-0.1, -0.05) is 26.8 Å². The Balaban J connectivity index is 2.27. The van der Waals surface area contributed by atoms with E-state index >= 15 is 0 Å². The second-order valence-electron chi connectivity index (χ2n) is 6.80.